The Morgan fingerprint density at radius 1 is 0.905 bits per heavy atom. The lowest BCUT2D eigenvalue weighted by atomic mass is 10.1. The van der Waals surface area contributed by atoms with Gasteiger partial charge < -0.3 is 13.9 Å². The van der Waals surface area contributed by atoms with Gasteiger partial charge in [0.2, 0.25) is 0 Å². The van der Waals surface area contributed by atoms with Crippen molar-refractivity contribution in [2.24, 2.45) is 0 Å². The number of hydrogen-bond donors (Lipinski definition) is 0. The molecule has 0 bridgehead atoms. The second kappa shape index (κ2) is 10.8. The van der Waals surface area contributed by atoms with Crippen LogP contribution in [-0.4, -0.2) is 40.6 Å². The first kappa shape index (κ1) is 20.1. The van der Waals surface area contributed by atoms with Crippen molar-refractivity contribution >= 4 is 20.3 Å². The molecule has 0 N–H and O–H groups in total. The van der Waals surface area contributed by atoms with E-state index in [1.54, 1.807) is 0 Å². The zero-order chi connectivity index (χ0) is 16.3. The van der Waals surface area contributed by atoms with Gasteiger partial charge in [-0.15, -0.1) is 0 Å². The quantitative estimate of drug-likeness (QED) is 0.332. The van der Waals surface area contributed by atoms with Crippen LogP contribution in [0.2, 0.25) is 19.6 Å². The van der Waals surface area contributed by atoms with Crippen molar-refractivity contribution in [2.75, 3.05) is 14.2 Å². The molecule has 0 heterocycles. The first-order valence-electron chi connectivity index (χ1n) is 7.60. The van der Waals surface area contributed by atoms with E-state index in [4.69, 9.17) is 9.16 Å². The monoisotopic (exact) mass is 318 g/mol. The van der Waals surface area contributed by atoms with Crippen LogP contribution >= 0.6 is 0 Å². The molecular weight excluding hydrogens is 288 g/mol. The van der Waals surface area contributed by atoms with Crippen LogP contribution < -0.4 is 0 Å². The Hall–Kier alpha value is -0.883. The molecule has 21 heavy (non-hydrogen) atoms. The lowest BCUT2D eigenvalue weighted by Gasteiger charge is -2.25. The molecule has 0 aromatic rings. The number of carbonyl (C=O) groups excluding carboxylic acids is 2. The maximum atomic E-state index is 11.4. The second-order valence-electron chi connectivity index (χ2n) is 6.16. The Bertz CT molecular complexity index is 312. The standard InChI is InChI=1S/C15H30O5Si/c1-18-14(16)11-9-7-6-8-10-13(12-15(17)19-2)20-21(3,4)5/h13H,6-12H2,1-5H3. The van der Waals surface area contributed by atoms with Gasteiger partial charge in [0.25, 0.3) is 0 Å². The highest BCUT2D eigenvalue weighted by atomic mass is 28.4. The molecule has 0 aliphatic heterocycles. The molecule has 0 fully saturated rings. The molecule has 0 amide bonds. The zero-order valence-electron chi connectivity index (χ0n) is 14.1. The van der Waals surface area contributed by atoms with Crippen LogP contribution in [0.15, 0.2) is 0 Å². The summed E-state index contributed by atoms with van der Waals surface area (Å²) in [5, 5.41) is 0. The van der Waals surface area contributed by atoms with Crippen molar-refractivity contribution in [3.8, 4) is 0 Å². The van der Waals surface area contributed by atoms with E-state index in [-0.39, 0.29) is 18.0 Å². The molecule has 0 radical (unpaired) electrons. The molecule has 1 unspecified atom stereocenters. The first-order valence-corrected chi connectivity index (χ1v) is 11.0. The van der Waals surface area contributed by atoms with E-state index in [0.717, 1.165) is 32.1 Å². The maximum Gasteiger partial charge on any atom is 0.308 e. The van der Waals surface area contributed by atoms with E-state index in [0.29, 0.717) is 12.8 Å². The highest BCUT2D eigenvalue weighted by Gasteiger charge is 2.23. The Kier molecular flexibility index (Phi) is 10.3. The molecule has 6 heteroatoms. The van der Waals surface area contributed by atoms with Gasteiger partial charge in [-0.25, -0.2) is 0 Å². The lowest BCUT2D eigenvalue weighted by Crippen LogP contribution is -2.33. The largest absolute Gasteiger partial charge is 0.469 e. The summed E-state index contributed by atoms with van der Waals surface area (Å²) in [7, 11) is 1.15. The number of ether oxygens (including phenoxy) is 2. The summed E-state index contributed by atoms with van der Waals surface area (Å²) in [5.74, 6) is -0.371. The van der Waals surface area contributed by atoms with Crippen molar-refractivity contribution < 1.29 is 23.5 Å². The number of rotatable bonds is 11. The highest BCUT2D eigenvalue weighted by molar-refractivity contribution is 6.69. The van der Waals surface area contributed by atoms with E-state index >= 15 is 0 Å². The third kappa shape index (κ3) is 12.6. The zero-order valence-corrected chi connectivity index (χ0v) is 15.1. The van der Waals surface area contributed by atoms with Gasteiger partial charge in [0.1, 0.15) is 0 Å². The van der Waals surface area contributed by atoms with Crippen LogP contribution in [0.4, 0.5) is 0 Å². The number of esters is 2. The van der Waals surface area contributed by atoms with Gasteiger partial charge >= 0.3 is 11.9 Å². The molecule has 0 aliphatic carbocycles. The molecule has 0 spiro atoms. The topological polar surface area (TPSA) is 61.8 Å². The van der Waals surface area contributed by atoms with Gasteiger partial charge in [-0.1, -0.05) is 19.3 Å². The summed E-state index contributed by atoms with van der Waals surface area (Å²) in [5.41, 5.74) is 0. The third-order valence-corrected chi connectivity index (χ3v) is 4.07. The summed E-state index contributed by atoms with van der Waals surface area (Å²) in [6.45, 7) is 6.36. The molecule has 5 nitrogen and oxygen atoms in total. The average Bonchev–Trinajstić information content (AvgIpc) is 2.40. The molecule has 0 saturated carbocycles. The predicted molar refractivity (Wildman–Crippen MR) is 84.6 cm³/mol. The van der Waals surface area contributed by atoms with E-state index in [1.165, 1.54) is 14.2 Å². The molecule has 0 aromatic heterocycles. The van der Waals surface area contributed by atoms with E-state index in [1.807, 2.05) is 0 Å². The minimum Gasteiger partial charge on any atom is -0.469 e. The molecular formula is C15H30O5Si. The van der Waals surface area contributed by atoms with Gasteiger partial charge in [0, 0.05) is 6.42 Å². The minimum absolute atomic E-state index is 0.0512. The van der Waals surface area contributed by atoms with E-state index < -0.39 is 8.32 Å². The predicted octanol–water partition coefficient (Wildman–Crippen LogP) is 3.28. The number of unbranched alkanes of at least 4 members (excludes halogenated alkanes) is 3. The SMILES string of the molecule is COC(=O)CCCCCCC(CC(=O)OC)O[Si](C)(C)C. The van der Waals surface area contributed by atoms with Crippen LogP contribution in [0.1, 0.15) is 44.9 Å². The summed E-state index contributed by atoms with van der Waals surface area (Å²) < 4.78 is 15.4. The summed E-state index contributed by atoms with van der Waals surface area (Å²) in [4.78, 5) is 22.4. The molecule has 0 saturated heterocycles. The fourth-order valence-corrected chi connectivity index (χ4v) is 3.27. The van der Waals surface area contributed by atoms with Gasteiger partial charge in [-0.3, -0.25) is 9.59 Å². The molecule has 0 rings (SSSR count). The summed E-state index contributed by atoms with van der Waals surface area (Å²) in [6, 6.07) is 0. The van der Waals surface area contributed by atoms with Gasteiger partial charge in [-0.2, -0.15) is 0 Å². The fourth-order valence-electron chi connectivity index (χ4n) is 2.07. The van der Waals surface area contributed by atoms with E-state index in [2.05, 4.69) is 24.4 Å². The second-order valence-corrected chi connectivity index (χ2v) is 10.6. The Morgan fingerprint density at radius 2 is 1.48 bits per heavy atom. The van der Waals surface area contributed by atoms with Crippen molar-refractivity contribution in [1.82, 2.24) is 0 Å². The Balaban J connectivity index is 3.95. The normalized spacial score (nSPS) is 12.8. The number of hydrogen-bond acceptors (Lipinski definition) is 5. The molecule has 1 atom stereocenters. The molecule has 0 aliphatic rings. The highest BCUT2D eigenvalue weighted by Crippen LogP contribution is 2.17. The lowest BCUT2D eigenvalue weighted by molar-refractivity contribution is -0.143. The Labute approximate surface area is 129 Å². The van der Waals surface area contributed by atoms with Crippen molar-refractivity contribution in [1.29, 1.82) is 0 Å². The van der Waals surface area contributed by atoms with Crippen LogP contribution in [0.3, 0.4) is 0 Å². The van der Waals surface area contributed by atoms with Crippen LogP contribution in [0, 0.1) is 0 Å². The van der Waals surface area contributed by atoms with Crippen molar-refractivity contribution in [3.63, 3.8) is 0 Å². The fraction of sp³-hybridized carbons (Fsp3) is 0.867. The smallest absolute Gasteiger partial charge is 0.308 e. The van der Waals surface area contributed by atoms with Crippen LogP contribution in [-0.2, 0) is 23.5 Å². The van der Waals surface area contributed by atoms with Crippen molar-refractivity contribution in [3.05, 3.63) is 0 Å². The number of carbonyl (C=O) groups is 2. The summed E-state index contributed by atoms with van der Waals surface area (Å²) >= 11 is 0. The minimum atomic E-state index is -1.66. The van der Waals surface area contributed by atoms with Crippen LogP contribution in [0.25, 0.3) is 0 Å². The average molecular weight is 318 g/mol. The first-order chi connectivity index (χ1) is 9.78. The molecule has 124 valence electrons. The van der Waals surface area contributed by atoms with Crippen molar-refractivity contribution in [2.45, 2.75) is 70.7 Å². The molecule has 0 aromatic carbocycles. The van der Waals surface area contributed by atoms with E-state index in [9.17, 15) is 9.59 Å². The summed E-state index contributed by atoms with van der Waals surface area (Å²) in [6.07, 6.45) is 5.48. The maximum absolute atomic E-state index is 11.4. The van der Waals surface area contributed by atoms with Gasteiger partial charge in [-0.05, 0) is 32.5 Å². The van der Waals surface area contributed by atoms with Gasteiger partial charge in [0.05, 0.1) is 26.7 Å². The van der Waals surface area contributed by atoms with Crippen LogP contribution in [0.5, 0.6) is 0 Å². The Morgan fingerprint density at radius 3 is 2.00 bits per heavy atom. The third-order valence-electron chi connectivity index (χ3n) is 3.03. The number of methoxy groups -OCH3 is 2. The van der Waals surface area contributed by atoms with Gasteiger partial charge in [0.15, 0.2) is 8.32 Å².